The van der Waals surface area contributed by atoms with Gasteiger partial charge < -0.3 is 15.3 Å². The SMILES string of the molecule is CCN(C(=O)NC1CCC(C(=O)O)C1)C1CCCCC1. The van der Waals surface area contributed by atoms with Crippen LogP contribution in [-0.2, 0) is 4.79 Å². The minimum Gasteiger partial charge on any atom is -0.481 e. The van der Waals surface area contributed by atoms with E-state index >= 15 is 0 Å². The van der Waals surface area contributed by atoms with Crippen molar-refractivity contribution in [2.75, 3.05) is 6.54 Å². The first-order chi connectivity index (χ1) is 9.61. The molecule has 0 heterocycles. The normalized spacial score (nSPS) is 27.2. The number of nitrogens with zero attached hydrogens (tertiary/aromatic N) is 1. The van der Waals surface area contributed by atoms with Crippen LogP contribution in [0.4, 0.5) is 4.79 Å². The molecule has 0 bridgehead atoms. The lowest BCUT2D eigenvalue weighted by atomic mass is 9.94. The molecule has 114 valence electrons. The molecule has 5 heteroatoms. The Kier molecular flexibility index (Phi) is 5.26. The van der Waals surface area contributed by atoms with Crippen LogP contribution in [0.15, 0.2) is 0 Å². The highest BCUT2D eigenvalue weighted by atomic mass is 16.4. The summed E-state index contributed by atoms with van der Waals surface area (Å²) in [6, 6.07) is 0.391. The Hall–Kier alpha value is -1.26. The molecule has 0 aliphatic heterocycles. The van der Waals surface area contributed by atoms with Gasteiger partial charge in [-0.1, -0.05) is 19.3 Å². The van der Waals surface area contributed by atoms with Crippen molar-refractivity contribution in [3.63, 3.8) is 0 Å². The molecule has 0 saturated heterocycles. The summed E-state index contributed by atoms with van der Waals surface area (Å²) in [5, 5.41) is 12.0. The zero-order valence-electron chi connectivity index (χ0n) is 12.3. The predicted octanol–water partition coefficient (Wildman–Crippen LogP) is 2.60. The van der Waals surface area contributed by atoms with Gasteiger partial charge in [-0.15, -0.1) is 0 Å². The smallest absolute Gasteiger partial charge is 0.317 e. The molecular formula is C15H26N2O3. The Morgan fingerprint density at radius 3 is 2.40 bits per heavy atom. The number of aliphatic carboxylic acids is 1. The fourth-order valence-corrected chi connectivity index (χ4v) is 3.55. The summed E-state index contributed by atoms with van der Waals surface area (Å²) >= 11 is 0. The summed E-state index contributed by atoms with van der Waals surface area (Å²) in [5.74, 6) is -1.02. The Balaban J connectivity index is 1.85. The molecule has 0 aromatic carbocycles. The van der Waals surface area contributed by atoms with E-state index in [-0.39, 0.29) is 18.0 Å². The van der Waals surface area contributed by atoms with Crippen LogP contribution < -0.4 is 5.32 Å². The number of carbonyl (C=O) groups is 2. The second-order valence-electron chi connectivity index (χ2n) is 6.07. The van der Waals surface area contributed by atoms with Gasteiger partial charge in [-0.05, 0) is 39.0 Å². The second-order valence-corrected chi connectivity index (χ2v) is 6.07. The molecule has 0 aromatic heterocycles. The third-order valence-corrected chi connectivity index (χ3v) is 4.73. The molecule has 2 N–H and O–H groups in total. The molecule has 5 nitrogen and oxygen atoms in total. The maximum absolute atomic E-state index is 12.4. The summed E-state index contributed by atoms with van der Waals surface area (Å²) < 4.78 is 0. The van der Waals surface area contributed by atoms with Crippen molar-refractivity contribution in [2.24, 2.45) is 5.92 Å². The Bertz CT molecular complexity index is 353. The molecule has 2 atom stereocenters. The number of hydrogen-bond acceptors (Lipinski definition) is 2. The van der Waals surface area contributed by atoms with Crippen LogP contribution in [0.3, 0.4) is 0 Å². The van der Waals surface area contributed by atoms with Crippen LogP contribution in [0.5, 0.6) is 0 Å². The van der Waals surface area contributed by atoms with Gasteiger partial charge in [0.2, 0.25) is 0 Å². The van der Waals surface area contributed by atoms with Crippen molar-refractivity contribution in [3.05, 3.63) is 0 Å². The predicted molar refractivity (Wildman–Crippen MR) is 76.5 cm³/mol. The van der Waals surface area contributed by atoms with Crippen molar-refractivity contribution in [1.29, 1.82) is 0 Å². The summed E-state index contributed by atoms with van der Waals surface area (Å²) in [6.07, 6.45) is 7.92. The van der Waals surface area contributed by atoms with E-state index in [4.69, 9.17) is 5.11 Å². The van der Waals surface area contributed by atoms with Gasteiger partial charge in [0.25, 0.3) is 0 Å². The number of nitrogens with one attached hydrogen (secondary N) is 1. The Morgan fingerprint density at radius 2 is 1.85 bits per heavy atom. The monoisotopic (exact) mass is 282 g/mol. The highest BCUT2D eigenvalue weighted by molar-refractivity contribution is 5.75. The number of carboxylic acid groups (broad SMARTS) is 1. The maximum atomic E-state index is 12.4. The van der Waals surface area contributed by atoms with Gasteiger partial charge in [-0.3, -0.25) is 4.79 Å². The third-order valence-electron chi connectivity index (χ3n) is 4.73. The van der Waals surface area contributed by atoms with Gasteiger partial charge in [-0.25, -0.2) is 4.79 Å². The Morgan fingerprint density at radius 1 is 1.15 bits per heavy atom. The summed E-state index contributed by atoms with van der Waals surface area (Å²) in [5.41, 5.74) is 0. The third kappa shape index (κ3) is 3.64. The van der Waals surface area contributed by atoms with Crippen molar-refractivity contribution < 1.29 is 14.7 Å². The quantitative estimate of drug-likeness (QED) is 0.832. The van der Waals surface area contributed by atoms with Crippen LogP contribution in [0.2, 0.25) is 0 Å². The molecule has 20 heavy (non-hydrogen) atoms. The summed E-state index contributed by atoms with van der Waals surface area (Å²) in [4.78, 5) is 25.3. The van der Waals surface area contributed by atoms with E-state index in [0.29, 0.717) is 18.9 Å². The van der Waals surface area contributed by atoms with Crippen LogP contribution in [0, 0.1) is 5.92 Å². The van der Waals surface area contributed by atoms with Gasteiger partial charge >= 0.3 is 12.0 Å². The van der Waals surface area contributed by atoms with E-state index in [1.54, 1.807) is 0 Å². The first-order valence-electron chi connectivity index (χ1n) is 7.91. The summed E-state index contributed by atoms with van der Waals surface area (Å²) in [7, 11) is 0. The topological polar surface area (TPSA) is 69.6 Å². The van der Waals surface area contributed by atoms with Crippen molar-refractivity contribution in [3.8, 4) is 0 Å². The van der Waals surface area contributed by atoms with Gasteiger partial charge in [0.1, 0.15) is 0 Å². The van der Waals surface area contributed by atoms with Gasteiger partial charge in [0.05, 0.1) is 5.92 Å². The fraction of sp³-hybridized carbons (Fsp3) is 0.867. The fourth-order valence-electron chi connectivity index (χ4n) is 3.55. The van der Waals surface area contributed by atoms with Crippen LogP contribution in [-0.4, -0.2) is 40.6 Å². The van der Waals surface area contributed by atoms with Crippen molar-refractivity contribution in [2.45, 2.75) is 70.4 Å². The van der Waals surface area contributed by atoms with E-state index in [2.05, 4.69) is 5.32 Å². The maximum Gasteiger partial charge on any atom is 0.317 e. The number of urea groups is 1. The second kappa shape index (κ2) is 6.95. The molecule has 2 aliphatic carbocycles. The molecule has 0 aromatic rings. The number of rotatable bonds is 4. The minimum atomic E-state index is -0.735. The zero-order valence-corrected chi connectivity index (χ0v) is 12.3. The van der Waals surface area contributed by atoms with E-state index in [1.807, 2.05) is 11.8 Å². The lowest BCUT2D eigenvalue weighted by Gasteiger charge is -2.34. The first-order valence-corrected chi connectivity index (χ1v) is 7.91. The highest BCUT2D eigenvalue weighted by Gasteiger charge is 2.32. The largest absolute Gasteiger partial charge is 0.481 e. The molecule has 2 aliphatic rings. The van der Waals surface area contributed by atoms with Gasteiger partial charge in [0.15, 0.2) is 0 Å². The van der Waals surface area contributed by atoms with Gasteiger partial charge in [0, 0.05) is 18.6 Å². The van der Waals surface area contributed by atoms with Crippen molar-refractivity contribution in [1.82, 2.24) is 10.2 Å². The van der Waals surface area contributed by atoms with Crippen LogP contribution >= 0.6 is 0 Å². The highest BCUT2D eigenvalue weighted by Crippen LogP contribution is 2.27. The molecule has 2 saturated carbocycles. The first kappa shape index (κ1) is 15.1. The molecule has 0 spiro atoms. The van der Waals surface area contributed by atoms with E-state index in [9.17, 15) is 9.59 Å². The molecule has 2 rings (SSSR count). The number of hydrogen-bond donors (Lipinski definition) is 2. The molecule has 2 unspecified atom stereocenters. The summed E-state index contributed by atoms with van der Waals surface area (Å²) in [6.45, 7) is 2.74. The van der Waals surface area contributed by atoms with Gasteiger partial charge in [-0.2, -0.15) is 0 Å². The average molecular weight is 282 g/mol. The number of carboxylic acids is 1. The standard InChI is InChI=1S/C15H26N2O3/c1-2-17(13-6-4-3-5-7-13)15(20)16-12-9-8-11(10-12)14(18)19/h11-13H,2-10H2,1H3,(H,16,20)(H,18,19). The molecule has 2 fully saturated rings. The van der Waals surface area contributed by atoms with Crippen molar-refractivity contribution >= 4 is 12.0 Å². The molecule has 0 radical (unpaired) electrons. The molecule has 2 amide bonds. The molecular weight excluding hydrogens is 256 g/mol. The van der Waals surface area contributed by atoms with E-state index < -0.39 is 5.97 Å². The lowest BCUT2D eigenvalue weighted by Crippen LogP contribution is -2.49. The van der Waals surface area contributed by atoms with Crippen LogP contribution in [0.1, 0.15) is 58.3 Å². The Labute approximate surface area is 120 Å². The van der Waals surface area contributed by atoms with E-state index in [0.717, 1.165) is 25.8 Å². The number of amides is 2. The number of carbonyl (C=O) groups excluding carboxylic acids is 1. The zero-order chi connectivity index (χ0) is 14.5. The van der Waals surface area contributed by atoms with E-state index in [1.165, 1.54) is 19.3 Å². The average Bonchev–Trinajstić information content (AvgIpc) is 2.89. The minimum absolute atomic E-state index is 0.00422. The van der Waals surface area contributed by atoms with Crippen LogP contribution in [0.25, 0.3) is 0 Å². The lowest BCUT2D eigenvalue weighted by molar-refractivity contribution is -0.141.